The molecule has 3 aromatic rings. The molecule has 2 atom stereocenters. The Bertz CT molecular complexity index is 997. The second-order valence-electron chi connectivity index (χ2n) is 7.93. The molecule has 0 spiro atoms. The van der Waals surface area contributed by atoms with E-state index in [1.807, 2.05) is 42.6 Å². The van der Waals surface area contributed by atoms with E-state index in [1.165, 1.54) is 11.1 Å². The van der Waals surface area contributed by atoms with Gasteiger partial charge in [0.05, 0.1) is 25.0 Å². The van der Waals surface area contributed by atoms with Crippen molar-refractivity contribution in [3.05, 3.63) is 71.7 Å². The summed E-state index contributed by atoms with van der Waals surface area (Å²) in [7, 11) is 1.69. The maximum atomic E-state index is 12.9. The molecule has 156 valence electrons. The van der Waals surface area contributed by atoms with Crippen molar-refractivity contribution in [3.8, 4) is 17.0 Å². The van der Waals surface area contributed by atoms with Crippen molar-refractivity contribution < 1.29 is 9.53 Å². The first kappa shape index (κ1) is 20.2. The van der Waals surface area contributed by atoms with Crippen LogP contribution in [0.25, 0.3) is 11.3 Å². The summed E-state index contributed by atoms with van der Waals surface area (Å²) in [5, 5.41) is 3.19. The van der Waals surface area contributed by atoms with Gasteiger partial charge in [-0.2, -0.15) is 0 Å². The maximum absolute atomic E-state index is 12.9. The van der Waals surface area contributed by atoms with Crippen LogP contribution in [0.4, 0.5) is 0 Å². The molecule has 0 aliphatic heterocycles. The minimum atomic E-state index is -0.117. The zero-order valence-electron chi connectivity index (χ0n) is 17.7. The van der Waals surface area contributed by atoms with Crippen LogP contribution in [0.1, 0.15) is 61.5 Å². The van der Waals surface area contributed by atoms with Crippen LogP contribution < -0.4 is 10.1 Å². The van der Waals surface area contributed by atoms with Gasteiger partial charge in [0, 0.05) is 6.42 Å². The summed E-state index contributed by atoms with van der Waals surface area (Å²) in [6.07, 6.45) is 6.32. The molecule has 2 N–H and O–H groups in total. The fourth-order valence-electron chi connectivity index (χ4n) is 4.35. The number of hydrogen-bond donors (Lipinski definition) is 2. The van der Waals surface area contributed by atoms with Crippen LogP contribution in [0.2, 0.25) is 0 Å². The molecule has 1 heterocycles. The van der Waals surface area contributed by atoms with Crippen molar-refractivity contribution in [1.82, 2.24) is 15.3 Å². The molecule has 0 fully saturated rings. The summed E-state index contributed by atoms with van der Waals surface area (Å²) in [4.78, 5) is 20.8. The number of amides is 1. The van der Waals surface area contributed by atoms with E-state index in [2.05, 4.69) is 34.3 Å². The lowest BCUT2D eigenvalue weighted by Gasteiger charge is -2.26. The molecule has 0 saturated heterocycles. The molecule has 2 unspecified atom stereocenters. The van der Waals surface area contributed by atoms with Gasteiger partial charge in [-0.25, -0.2) is 4.98 Å². The van der Waals surface area contributed by atoms with Crippen molar-refractivity contribution >= 4 is 5.91 Å². The van der Waals surface area contributed by atoms with Crippen LogP contribution in [-0.2, 0) is 11.2 Å². The van der Waals surface area contributed by atoms with Crippen molar-refractivity contribution in [2.45, 2.75) is 51.0 Å². The second-order valence-corrected chi connectivity index (χ2v) is 7.93. The zero-order chi connectivity index (χ0) is 20.9. The molecule has 1 amide bonds. The first-order valence-corrected chi connectivity index (χ1v) is 10.7. The summed E-state index contributed by atoms with van der Waals surface area (Å²) in [6.45, 7) is 2.07. The molecule has 2 aromatic carbocycles. The first-order valence-electron chi connectivity index (χ1n) is 10.7. The number of ether oxygens (including phenoxy) is 1. The molecule has 1 aliphatic carbocycles. The summed E-state index contributed by atoms with van der Waals surface area (Å²) in [6, 6.07) is 16.2. The van der Waals surface area contributed by atoms with Crippen LogP contribution in [0, 0.1) is 0 Å². The third kappa shape index (κ3) is 4.40. The van der Waals surface area contributed by atoms with Gasteiger partial charge in [-0.3, -0.25) is 4.79 Å². The number of aryl methyl sites for hydroxylation is 1. The van der Waals surface area contributed by atoms with Crippen LogP contribution in [0.5, 0.6) is 5.75 Å². The van der Waals surface area contributed by atoms with E-state index >= 15 is 0 Å². The Morgan fingerprint density at radius 3 is 2.87 bits per heavy atom. The Labute approximate surface area is 177 Å². The Hall–Kier alpha value is -3.08. The average Bonchev–Trinajstić information content (AvgIpc) is 3.28. The second kappa shape index (κ2) is 9.16. The number of rotatable bonds is 7. The minimum Gasteiger partial charge on any atom is -0.497 e. The number of hydrogen-bond acceptors (Lipinski definition) is 3. The number of fused-ring (bicyclic) bond motifs is 1. The maximum Gasteiger partial charge on any atom is 0.221 e. The van der Waals surface area contributed by atoms with Crippen molar-refractivity contribution in [1.29, 1.82) is 0 Å². The first-order chi connectivity index (χ1) is 14.7. The van der Waals surface area contributed by atoms with Gasteiger partial charge < -0.3 is 15.0 Å². The predicted molar refractivity (Wildman–Crippen MR) is 118 cm³/mol. The fraction of sp³-hybridized carbons (Fsp3) is 0.360. The van der Waals surface area contributed by atoms with Gasteiger partial charge in [-0.15, -0.1) is 0 Å². The lowest BCUT2D eigenvalue weighted by molar-refractivity contribution is -0.122. The zero-order valence-corrected chi connectivity index (χ0v) is 17.7. The highest BCUT2D eigenvalue weighted by atomic mass is 16.5. The van der Waals surface area contributed by atoms with Gasteiger partial charge in [-0.1, -0.05) is 43.3 Å². The smallest absolute Gasteiger partial charge is 0.221 e. The third-order valence-corrected chi connectivity index (χ3v) is 5.97. The summed E-state index contributed by atoms with van der Waals surface area (Å²) >= 11 is 0. The fourth-order valence-corrected chi connectivity index (χ4v) is 4.35. The van der Waals surface area contributed by atoms with Crippen LogP contribution in [0.3, 0.4) is 0 Å². The molecular formula is C25H29N3O2. The SMILES string of the molecule is CCC(NC(=O)CC1CCCc2cc(OC)ccc21)c1ncc(-c2ccccc2)[nH]1. The number of imidazole rings is 1. The summed E-state index contributed by atoms with van der Waals surface area (Å²) < 4.78 is 5.36. The number of H-pyrrole nitrogens is 1. The number of nitrogens with one attached hydrogen (secondary N) is 2. The monoisotopic (exact) mass is 403 g/mol. The molecule has 5 nitrogen and oxygen atoms in total. The number of aromatic nitrogens is 2. The molecular weight excluding hydrogens is 374 g/mol. The van der Waals surface area contributed by atoms with Crippen LogP contribution in [0.15, 0.2) is 54.7 Å². The standard InChI is InChI=1S/C25H29N3O2/c1-3-22(25-26-16-23(28-25)17-8-5-4-6-9-17)27-24(29)15-19-11-7-10-18-14-20(30-2)12-13-21(18)19/h4-6,8-9,12-14,16,19,22H,3,7,10-11,15H2,1-2H3,(H,26,28)(H,27,29). The largest absolute Gasteiger partial charge is 0.497 e. The topological polar surface area (TPSA) is 67.0 Å². The number of benzene rings is 2. The summed E-state index contributed by atoms with van der Waals surface area (Å²) in [5.41, 5.74) is 4.65. The van der Waals surface area contributed by atoms with Crippen LogP contribution >= 0.6 is 0 Å². The third-order valence-electron chi connectivity index (χ3n) is 5.97. The summed E-state index contributed by atoms with van der Waals surface area (Å²) in [5.74, 6) is 2.03. The Balaban J connectivity index is 1.43. The number of methoxy groups -OCH3 is 1. The van der Waals surface area contributed by atoms with E-state index in [1.54, 1.807) is 7.11 Å². The number of carbonyl (C=O) groups excluding carboxylic acids is 1. The van der Waals surface area contributed by atoms with Crippen molar-refractivity contribution in [3.63, 3.8) is 0 Å². The van der Waals surface area contributed by atoms with Gasteiger partial charge in [-0.05, 0) is 60.4 Å². The number of carbonyl (C=O) groups is 1. The van der Waals surface area contributed by atoms with E-state index in [9.17, 15) is 4.79 Å². The van der Waals surface area contributed by atoms with Gasteiger partial charge in [0.1, 0.15) is 11.6 Å². The van der Waals surface area contributed by atoms with Crippen molar-refractivity contribution in [2.75, 3.05) is 7.11 Å². The minimum absolute atomic E-state index is 0.0770. The van der Waals surface area contributed by atoms with E-state index in [0.717, 1.165) is 48.5 Å². The molecule has 1 aromatic heterocycles. The molecule has 0 bridgehead atoms. The highest BCUT2D eigenvalue weighted by molar-refractivity contribution is 5.77. The van der Waals surface area contributed by atoms with Gasteiger partial charge in [0.2, 0.25) is 5.91 Å². The molecule has 0 radical (unpaired) electrons. The normalized spacial score (nSPS) is 16.5. The Morgan fingerprint density at radius 2 is 2.10 bits per heavy atom. The molecule has 0 saturated carbocycles. The van der Waals surface area contributed by atoms with E-state index < -0.39 is 0 Å². The highest BCUT2D eigenvalue weighted by Gasteiger charge is 2.25. The van der Waals surface area contributed by atoms with Gasteiger partial charge in [0.15, 0.2) is 0 Å². The predicted octanol–water partition coefficient (Wildman–Crippen LogP) is 5.16. The van der Waals surface area contributed by atoms with E-state index in [0.29, 0.717) is 6.42 Å². The van der Waals surface area contributed by atoms with E-state index in [4.69, 9.17) is 4.74 Å². The lowest BCUT2D eigenvalue weighted by atomic mass is 9.81. The van der Waals surface area contributed by atoms with Gasteiger partial charge in [0.25, 0.3) is 0 Å². The Kier molecular flexibility index (Phi) is 6.17. The molecule has 1 aliphatic rings. The lowest BCUT2D eigenvalue weighted by Crippen LogP contribution is -2.30. The van der Waals surface area contributed by atoms with Gasteiger partial charge >= 0.3 is 0 Å². The average molecular weight is 404 g/mol. The highest BCUT2D eigenvalue weighted by Crippen LogP contribution is 2.36. The molecule has 5 heteroatoms. The quantitative estimate of drug-likeness (QED) is 0.572. The van der Waals surface area contributed by atoms with Crippen LogP contribution in [-0.4, -0.2) is 23.0 Å². The van der Waals surface area contributed by atoms with Crippen molar-refractivity contribution in [2.24, 2.45) is 0 Å². The number of aromatic amines is 1. The van der Waals surface area contributed by atoms with E-state index in [-0.39, 0.29) is 17.9 Å². The molecule has 4 rings (SSSR count). The number of nitrogens with zero attached hydrogens (tertiary/aromatic N) is 1. The molecule has 30 heavy (non-hydrogen) atoms. The Morgan fingerprint density at radius 1 is 1.27 bits per heavy atom.